The Hall–Kier alpha value is -2.34. The van der Waals surface area contributed by atoms with Crippen LogP contribution in [0.3, 0.4) is 0 Å². The third-order valence-corrected chi connectivity index (χ3v) is 4.01. The van der Waals surface area contributed by atoms with E-state index in [-0.39, 0.29) is 18.4 Å². The van der Waals surface area contributed by atoms with Gasteiger partial charge in [0.05, 0.1) is 17.8 Å². The van der Waals surface area contributed by atoms with E-state index in [0.717, 1.165) is 0 Å². The molecule has 1 atom stereocenters. The van der Waals surface area contributed by atoms with Crippen LogP contribution in [0.5, 0.6) is 5.75 Å². The predicted octanol–water partition coefficient (Wildman–Crippen LogP) is 1.90. The van der Waals surface area contributed by atoms with Gasteiger partial charge in [0.1, 0.15) is 5.75 Å². The van der Waals surface area contributed by atoms with Gasteiger partial charge in [-0.15, -0.1) is 0 Å². The summed E-state index contributed by atoms with van der Waals surface area (Å²) in [5, 5.41) is 6.22. The molecule has 1 aromatic heterocycles. The zero-order chi connectivity index (χ0) is 14.8. The van der Waals surface area contributed by atoms with Crippen molar-refractivity contribution in [1.29, 1.82) is 0 Å². The molecule has 0 radical (unpaired) electrons. The van der Waals surface area contributed by atoms with Crippen molar-refractivity contribution in [3.8, 4) is 5.75 Å². The van der Waals surface area contributed by atoms with Crippen LogP contribution in [0.25, 0.3) is 0 Å². The lowest BCUT2D eigenvalue weighted by atomic mass is 10.1. The Labute approximate surface area is 126 Å². The number of fused-ring (bicyclic) bond motifs is 1. The van der Waals surface area contributed by atoms with Crippen LogP contribution in [-0.4, -0.2) is 31.5 Å². The number of carbonyl (C=O) groups excluding carboxylic acids is 2. The number of hydrogen-bond donors (Lipinski definition) is 1. The number of para-hydroxylation sites is 2. The van der Waals surface area contributed by atoms with Crippen molar-refractivity contribution in [3.05, 3.63) is 46.7 Å². The fraction of sp³-hybridized carbons (Fsp3) is 0.200. The van der Waals surface area contributed by atoms with E-state index in [1.807, 2.05) is 23.6 Å². The van der Waals surface area contributed by atoms with Gasteiger partial charge in [0.25, 0.3) is 11.8 Å². The van der Waals surface area contributed by atoms with Crippen LogP contribution in [0.1, 0.15) is 10.4 Å². The maximum atomic E-state index is 12.6. The van der Waals surface area contributed by atoms with Crippen molar-refractivity contribution in [1.82, 2.24) is 5.32 Å². The number of likely N-dealkylation sites (N-methyl/N-ethyl adjacent to an activating group) is 1. The molecule has 21 heavy (non-hydrogen) atoms. The van der Waals surface area contributed by atoms with Gasteiger partial charge >= 0.3 is 0 Å². The predicted molar refractivity (Wildman–Crippen MR) is 80.9 cm³/mol. The normalized spacial score (nSPS) is 16.8. The molecule has 1 aromatic carbocycles. The van der Waals surface area contributed by atoms with E-state index in [0.29, 0.717) is 17.0 Å². The maximum absolute atomic E-state index is 12.6. The Morgan fingerprint density at radius 3 is 2.86 bits per heavy atom. The Morgan fingerprint density at radius 2 is 2.14 bits per heavy atom. The van der Waals surface area contributed by atoms with Gasteiger partial charge in [-0.05, 0) is 23.6 Å². The van der Waals surface area contributed by atoms with Gasteiger partial charge in [0.2, 0.25) is 0 Å². The number of rotatable bonds is 2. The van der Waals surface area contributed by atoms with Gasteiger partial charge in [0.15, 0.2) is 6.10 Å². The highest BCUT2D eigenvalue weighted by Gasteiger charge is 2.33. The molecular weight excluding hydrogens is 288 g/mol. The number of hydrogen-bond acceptors (Lipinski definition) is 4. The topological polar surface area (TPSA) is 58.6 Å². The second kappa shape index (κ2) is 5.57. The molecule has 2 heterocycles. The van der Waals surface area contributed by atoms with Crippen molar-refractivity contribution >= 4 is 28.8 Å². The SMILES string of the molecule is CNC(=O)[C@@H]1CN(C(=O)c2ccsc2)c2ccccc2O1. The number of benzene rings is 1. The molecule has 1 N–H and O–H groups in total. The Morgan fingerprint density at radius 1 is 1.33 bits per heavy atom. The summed E-state index contributed by atoms with van der Waals surface area (Å²) in [5.41, 5.74) is 1.31. The number of thiophene rings is 1. The van der Waals surface area contributed by atoms with E-state index in [1.165, 1.54) is 11.3 Å². The third kappa shape index (κ3) is 2.50. The molecule has 0 bridgehead atoms. The quantitative estimate of drug-likeness (QED) is 0.922. The molecule has 0 saturated carbocycles. The first-order valence-electron chi connectivity index (χ1n) is 6.52. The van der Waals surface area contributed by atoms with Crippen molar-refractivity contribution in [3.63, 3.8) is 0 Å². The second-order valence-electron chi connectivity index (χ2n) is 4.62. The monoisotopic (exact) mass is 302 g/mol. The van der Waals surface area contributed by atoms with Gasteiger partial charge in [-0.1, -0.05) is 12.1 Å². The minimum absolute atomic E-state index is 0.124. The van der Waals surface area contributed by atoms with Gasteiger partial charge in [-0.3, -0.25) is 9.59 Å². The zero-order valence-electron chi connectivity index (χ0n) is 11.4. The molecular formula is C15H14N2O3S. The largest absolute Gasteiger partial charge is 0.477 e. The van der Waals surface area contributed by atoms with Crippen molar-refractivity contribution < 1.29 is 14.3 Å². The average molecular weight is 302 g/mol. The summed E-state index contributed by atoms with van der Waals surface area (Å²) in [7, 11) is 1.55. The van der Waals surface area contributed by atoms with E-state index in [4.69, 9.17) is 4.74 Å². The standard InChI is InChI=1S/C15H14N2O3S/c1-16-14(18)13-8-17(15(19)10-6-7-21-9-10)11-4-2-3-5-12(11)20-13/h2-7,9,13H,8H2,1H3,(H,16,18)/t13-/m0/s1. The molecule has 1 aliphatic rings. The lowest BCUT2D eigenvalue weighted by Crippen LogP contribution is -2.50. The first kappa shape index (κ1) is 13.6. The summed E-state index contributed by atoms with van der Waals surface area (Å²) in [4.78, 5) is 26.1. The van der Waals surface area contributed by atoms with Crippen molar-refractivity contribution in [2.24, 2.45) is 0 Å². The average Bonchev–Trinajstić information content (AvgIpc) is 3.06. The van der Waals surface area contributed by atoms with Crippen LogP contribution in [0.15, 0.2) is 41.1 Å². The Balaban J connectivity index is 1.98. The summed E-state index contributed by atoms with van der Waals surface area (Å²) in [5.74, 6) is 0.175. The van der Waals surface area contributed by atoms with E-state index in [2.05, 4.69) is 5.32 Å². The number of nitrogens with zero attached hydrogens (tertiary/aromatic N) is 1. The van der Waals surface area contributed by atoms with Crippen LogP contribution < -0.4 is 15.0 Å². The number of nitrogens with one attached hydrogen (secondary N) is 1. The highest BCUT2D eigenvalue weighted by Crippen LogP contribution is 2.34. The Bertz CT molecular complexity index is 669. The van der Waals surface area contributed by atoms with Crippen LogP contribution in [0, 0.1) is 0 Å². The third-order valence-electron chi connectivity index (χ3n) is 3.33. The van der Waals surface area contributed by atoms with Crippen LogP contribution in [0.4, 0.5) is 5.69 Å². The number of carbonyl (C=O) groups is 2. The summed E-state index contributed by atoms with van der Waals surface area (Å²) in [6.07, 6.45) is -0.701. The van der Waals surface area contributed by atoms with Gasteiger partial charge < -0.3 is 15.0 Å². The smallest absolute Gasteiger partial charge is 0.262 e. The molecule has 108 valence electrons. The fourth-order valence-electron chi connectivity index (χ4n) is 2.27. The highest BCUT2D eigenvalue weighted by atomic mass is 32.1. The first-order valence-corrected chi connectivity index (χ1v) is 7.46. The molecule has 2 aromatic rings. The molecule has 5 nitrogen and oxygen atoms in total. The number of ether oxygens (including phenoxy) is 1. The van der Waals surface area contributed by atoms with Gasteiger partial charge in [-0.2, -0.15) is 11.3 Å². The molecule has 0 spiro atoms. The lowest BCUT2D eigenvalue weighted by Gasteiger charge is -2.33. The highest BCUT2D eigenvalue weighted by molar-refractivity contribution is 7.08. The van der Waals surface area contributed by atoms with Gasteiger partial charge in [-0.25, -0.2) is 0 Å². The molecule has 6 heteroatoms. The molecule has 0 saturated heterocycles. The zero-order valence-corrected chi connectivity index (χ0v) is 12.2. The minimum Gasteiger partial charge on any atom is -0.477 e. The van der Waals surface area contributed by atoms with E-state index in [9.17, 15) is 9.59 Å². The lowest BCUT2D eigenvalue weighted by molar-refractivity contribution is -0.127. The summed E-state index contributed by atoms with van der Waals surface area (Å²) >= 11 is 1.47. The summed E-state index contributed by atoms with van der Waals surface area (Å²) in [6.45, 7) is 0.200. The first-order chi connectivity index (χ1) is 10.2. The fourth-order valence-corrected chi connectivity index (χ4v) is 2.90. The summed E-state index contributed by atoms with van der Waals surface area (Å²) in [6, 6.07) is 9.02. The van der Waals surface area contributed by atoms with Crippen LogP contribution >= 0.6 is 11.3 Å². The molecule has 0 unspecified atom stereocenters. The molecule has 2 amide bonds. The maximum Gasteiger partial charge on any atom is 0.262 e. The molecule has 3 rings (SSSR count). The minimum atomic E-state index is -0.701. The van der Waals surface area contributed by atoms with Crippen LogP contribution in [0.2, 0.25) is 0 Å². The van der Waals surface area contributed by atoms with E-state index < -0.39 is 6.10 Å². The van der Waals surface area contributed by atoms with Gasteiger partial charge in [0, 0.05) is 12.4 Å². The molecule has 0 aliphatic carbocycles. The van der Waals surface area contributed by atoms with Crippen LogP contribution in [-0.2, 0) is 4.79 Å². The number of amides is 2. The Kier molecular flexibility index (Phi) is 3.62. The second-order valence-corrected chi connectivity index (χ2v) is 5.40. The van der Waals surface area contributed by atoms with Crippen molar-refractivity contribution in [2.75, 3.05) is 18.5 Å². The molecule has 0 fully saturated rings. The van der Waals surface area contributed by atoms with Crippen molar-refractivity contribution in [2.45, 2.75) is 6.10 Å². The number of anilines is 1. The van der Waals surface area contributed by atoms with E-state index >= 15 is 0 Å². The van der Waals surface area contributed by atoms with E-state index in [1.54, 1.807) is 29.5 Å². The summed E-state index contributed by atoms with van der Waals surface area (Å²) < 4.78 is 5.68. The molecule has 1 aliphatic heterocycles.